The maximum absolute atomic E-state index is 13.1. The summed E-state index contributed by atoms with van der Waals surface area (Å²) in [6.45, 7) is 2.56. The first-order chi connectivity index (χ1) is 59.2. The zero-order valence-corrected chi connectivity index (χ0v) is 78.4. The zero-order chi connectivity index (χ0) is 87.9. The minimum Gasteiger partial charge on any atom is -0.463 e. The lowest BCUT2D eigenvalue weighted by atomic mass is 10.0. The van der Waals surface area contributed by atoms with E-state index in [0.29, 0.717) is 19.3 Å². The molecule has 0 spiro atoms. The molecule has 694 valence electrons. The highest BCUT2D eigenvalue weighted by Crippen LogP contribution is 2.45. The molecule has 0 aromatic heterocycles. The number of aliphatic hydroxyl groups is 2. The second kappa shape index (κ2) is 94.1. The Labute approximate surface area is 739 Å². The van der Waals surface area contributed by atoms with Gasteiger partial charge >= 0.3 is 33.6 Å². The largest absolute Gasteiger partial charge is 0.472 e. The van der Waals surface area contributed by atoms with Crippen molar-refractivity contribution in [2.45, 2.75) is 424 Å². The van der Waals surface area contributed by atoms with Gasteiger partial charge in [-0.25, -0.2) is 9.13 Å². The lowest BCUT2D eigenvalue weighted by molar-refractivity contribution is -0.161. The van der Waals surface area contributed by atoms with Gasteiger partial charge in [-0.2, -0.15) is 0 Å². The summed E-state index contributed by atoms with van der Waals surface area (Å²) in [4.78, 5) is 59.1. The van der Waals surface area contributed by atoms with Gasteiger partial charge < -0.3 is 34.2 Å². The number of allylic oxidation sites excluding steroid dienone is 28. The maximum atomic E-state index is 13.1. The van der Waals surface area contributed by atoms with Crippen LogP contribution in [-0.2, 0) is 55.8 Å². The number of carbonyl (C=O) groups excluding carboxylic acids is 3. The Morgan fingerprint density at radius 3 is 0.694 bits per heavy atom. The summed E-state index contributed by atoms with van der Waals surface area (Å²) < 4.78 is 61.6. The molecular weight excluding hydrogens is 1560 g/mol. The Bertz CT molecular complexity index is 2880. The maximum Gasteiger partial charge on any atom is 0.472 e. The molecule has 0 amide bonds. The van der Waals surface area contributed by atoms with Gasteiger partial charge in [-0.15, -0.1) is 0 Å². The second-order valence-electron chi connectivity index (χ2n) is 32.1. The van der Waals surface area contributed by atoms with Crippen molar-refractivity contribution >= 4 is 33.6 Å². The summed E-state index contributed by atoms with van der Waals surface area (Å²) in [5.74, 6) is -1.57. The van der Waals surface area contributed by atoms with E-state index in [1.165, 1.54) is 180 Å². The Morgan fingerprint density at radius 2 is 0.438 bits per heavy atom. The van der Waals surface area contributed by atoms with Crippen molar-refractivity contribution < 1.29 is 75.8 Å². The third kappa shape index (κ3) is 95.4. The predicted molar refractivity (Wildman–Crippen MR) is 509 cm³/mol. The molecular formula is C103H176O16P2. The summed E-state index contributed by atoms with van der Waals surface area (Å²) >= 11 is 0. The fourth-order valence-electron chi connectivity index (χ4n) is 13.1. The van der Waals surface area contributed by atoms with Gasteiger partial charge in [0.1, 0.15) is 25.4 Å². The SMILES string of the molecule is CC/C=C\C/C=C\C/C=C\C/C=C\C/C=C\C/C=C\CCCCCCCCCCCCCCC(=O)OCC(O)COP(=O)(O)OCC(O)COP(=O)(O)OCC(COC(=O)CCCCCCCCCCCCCCC/C=C\C/C=C\C/C=C\C/C=C\CCCCC)OC(=O)CCCCCCCCCCC/C=C\C/C=C\C/C=C\C/C=C\CCCCC. The number of ether oxygens (including phenoxy) is 3. The molecule has 0 aromatic rings. The van der Waals surface area contributed by atoms with Crippen LogP contribution in [0.3, 0.4) is 0 Å². The Balaban J connectivity index is 4.64. The summed E-state index contributed by atoms with van der Waals surface area (Å²) in [6.07, 6.45) is 122. The second-order valence-corrected chi connectivity index (χ2v) is 35.0. The van der Waals surface area contributed by atoms with Crippen LogP contribution in [-0.4, -0.2) is 95.9 Å². The molecule has 0 bridgehead atoms. The van der Waals surface area contributed by atoms with E-state index in [9.17, 15) is 43.5 Å². The third-order valence-electron chi connectivity index (χ3n) is 20.4. The molecule has 18 heteroatoms. The lowest BCUT2D eigenvalue weighted by Crippen LogP contribution is -2.30. The monoisotopic (exact) mass is 1730 g/mol. The first kappa shape index (κ1) is 116. The summed E-state index contributed by atoms with van der Waals surface area (Å²) in [7, 11) is -9.82. The topological polar surface area (TPSA) is 231 Å². The molecule has 16 nitrogen and oxygen atoms in total. The molecule has 0 saturated heterocycles. The van der Waals surface area contributed by atoms with Gasteiger partial charge in [0.15, 0.2) is 6.10 Å². The quantitative estimate of drug-likeness (QED) is 0.0146. The highest BCUT2D eigenvalue weighted by atomic mass is 31.2. The van der Waals surface area contributed by atoms with Gasteiger partial charge in [0.2, 0.25) is 0 Å². The number of phosphoric acid groups is 2. The molecule has 121 heavy (non-hydrogen) atoms. The molecule has 0 aliphatic carbocycles. The van der Waals surface area contributed by atoms with Gasteiger partial charge in [0.05, 0.1) is 26.4 Å². The zero-order valence-electron chi connectivity index (χ0n) is 76.6. The van der Waals surface area contributed by atoms with Crippen LogP contribution in [0.4, 0.5) is 0 Å². The van der Waals surface area contributed by atoms with Crippen LogP contribution in [0.2, 0.25) is 0 Å². The van der Waals surface area contributed by atoms with Crippen molar-refractivity contribution in [1.82, 2.24) is 0 Å². The normalized spacial score (nSPS) is 14.5. The van der Waals surface area contributed by atoms with Crippen LogP contribution in [0.1, 0.15) is 406 Å². The molecule has 5 atom stereocenters. The van der Waals surface area contributed by atoms with Crippen molar-refractivity contribution in [3.8, 4) is 0 Å². The number of hydrogen-bond donors (Lipinski definition) is 4. The minimum atomic E-state index is -4.95. The molecule has 0 radical (unpaired) electrons. The van der Waals surface area contributed by atoms with Crippen molar-refractivity contribution in [2.24, 2.45) is 0 Å². The van der Waals surface area contributed by atoms with E-state index in [0.717, 1.165) is 167 Å². The number of rotatable bonds is 91. The van der Waals surface area contributed by atoms with Gasteiger partial charge in [-0.1, -0.05) is 396 Å². The van der Waals surface area contributed by atoms with E-state index < -0.39 is 91.5 Å². The minimum absolute atomic E-state index is 0.0940. The summed E-state index contributed by atoms with van der Waals surface area (Å²) in [6, 6.07) is 0. The number of carbonyl (C=O) groups is 3. The van der Waals surface area contributed by atoms with Crippen LogP contribution in [0.25, 0.3) is 0 Å². The van der Waals surface area contributed by atoms with Crippen LogP contribution in [0.15, 0.2) is 170 Å². The van der Waals surface area contributed by atoms with Crippen LogP contribution >= 0.6 is 15.6 Å². The average Bonchev–Trinajstić information content (AvgIpc) is 0.894. The average molecular weight is 1730 g/mol. The molecule has 5 unspecified atom stereocenters. The molecule has 0 fully saturated rings. The van der Waals surface area contributed by atoms with E-state index in [2.05, 4.69) is 191 Å². The van der Waals surface area contributed by atoms with Crippen LogP contribution in [0, 0.1) is 0 Å². The molecule has 0 aromatic carbocycles. The van der Waals surface area contributed by atoms with Gasteiger partial charge in [0.25, 0.3) is 0 Å². The van der Waals surface area contributed by atoms with E-state index in [-0.39, 0.29) is 19.3 Å². The number of hydrogen-bond acceptors (Lipinski definition) is 14. The first-order valence-electron chi connectivity index (χ1n) is 48.4. The van der Waals surface area contributed by atoms with E-state index in [1.807, 2.05) is 0 Å². The fourth-order valence-corrected chi connectivity index (χ4v) is 14.7. The Hall–Kier alpha value is -5.09. The molecule has 0 saturated carbocycles. The van der Waals surface area contributed by atoms with E-state index in [1.54, 1.807) is 0 Å². The Kier molecular flexibility index (Phi) is 90.1. The van der Waals surface area contributed by atoms with Crippen molar-refractivity contribution in [3.63, 3.8) is 0 Å². The van der Waals surface area contributed by atoms with Crippen molar-refractivity contribution in [1.29, 1.82) is 0 Å². The van der Waals surface area contributed by atoms with Crippen LogP contribution in [0.5, 0.6) is 0 Å². The molecule has 0 aliphatic rings. The fraction of sp³-hybridized carbons (Fsp3) is 0.699. The number of phosphoric ester groups is 2. The Morgan fingerprint density at radius 1 is 0.240 bits per heavy atom. The first-order valence-corrected chi connectivity index (χ1v) is 51.4. The van der Waals surface area contributed by atoms with Crippen molar-refractivity contribution in [2.75, 3.05) is 39.6 Å². The highest BCUT2D eigenvalue weighted by molar-refractivity contribution is 7.47. The van der Waals surface area contributed by atoms with Gasteiger partial charge in [-0.3, -0.25) is 32.5 Å². The molecule has 0 aliphatic heterocycles. The standard InChI is InChI=1S/C103H176O16P2/c1-4-7-10-13-16-19-22-25-28-31-34-37-40-43-45-47-48-50-52-54-56-59-62-65-68-71-74-77-80-83-86-89-101(106)113-92-98(104)93-115-120(109,110)116-94-99(105)95-117-121(111,112)118-97-100(119-103(108)91-88-85-82-79-76-73-70-67-64-61-58-53-42-39-36-33-30-27-24-21-18-15-12-9-6-3)96-114-102(107)90-87-84-81-78-75-72-69-66-63-60-57-55-51-49-46-44-41-38-35-32-29-26-23-20-17-14-11-8-5-2/h7,10,16-21,25-30,34-39,43-46,48,50,53,58,98-100,104-105H,4-6,8-9,11-15,22-24,31-33,40-42,47,49,51-52,54-57,59-97H2,1-3H3,(H,109,110)(H,111,112)/b10-7-,19-16-,20-17-,21-18-,28-25-,29-26-,30-27-,37-34-,38-35-,39-36-,45-43-,46-44-,50-48-,58-53-. The van der Waals surface area contributed by atoms with E-state index >= 15 is 0 Å². The predicted octanol–water partition coefficient (Wildman–Crippen LogP) is 30.2. The molecule has 0 rings (SSSR count). The summed E-state index contributed by atoms with van der Waals surface area (Å²) in [5.41, 5.74) is 0. The van der Waals surface area contributed by atoms with Gasteiger partial charge in [-0.05, 0) is 161 Å². The summed E-state index contributed by atoms with van der Waals surface area (Å²) in [5, 5.41) is 20.8. The lowest BCUT2D eigenvalue weighted by Gasteiger charge is -2.21. The van der Waals surface area contributed by atoms with E-state index in [4.69, 9.17) is 32.3 Å². The third-order valence-corrected chi connectivity index (χ3v) is 22.3. The van der Waals surface area contributed by atoms with Crippen molar-refractivity contribution in [3.05, 3.63) is 170 Å². The number of aliphatic hydroxyl groups excluding tert-OH is 2. The van der Waals surface area contributed by atoms with Gasteiger partial charge in [0, 0.05) is 19.3 Å². The number of unbranched alkanes of at least 4 members (excludes halogenated alkanes) is 40. The molecule has 0 heterocycles. The molecule has 4 N–H and O–H groups in total. The number of esters is 3. The van der Waals surface area contributed by atoms with Crippen LogP contribution < -0.4 is 0 Å². The highest BCUT2D eigenvalue weighted by Gasteiger charge is 2.30. The smallest absolute Gasteiger partial charge is 0.463 e.